The normalized spacial score (nSPS) is 10.9. The zero-order chi connectivity index (χ0) is 12.5. The maximum Gasteiger partial charge on any atom is 0.323 e. The molecular weight excluding hydrogens is 232 g/mol. The largest absolute Gasteiger partial charge is 0.379 e. The van der Waals surface area contributed by atoms with E-state index < -0.39 is 0 Å². The van der Waals surface area contributed by atoms with Crippen LogP contribution in [0.2, 0.25) is 0 Å². The summed E-state index contributed by atoms with van der Waals surface area (Å²) in [6.07, 6.45) is 1.71. The van der Waals surface area contributed by atoms with Crippen LogP contribution in [0.3, 0.4) is 0 Å². The third kappa shape index (κ3) is 1.86. The molecule has 2 heterocycles. The molecule has 0 spiro atoms. The summed E-state index contributed by atoms with van der Waals surface area (Å²) < 4.78 is 1.71. The minimum Gasteiger partial charge on any atom is -0.379 e. The third-order valence-corrected chi connectivity index (χ3v) is 2.80. The van der Waals surface area contributed by atoms with Crippen LogP contribution in [0.5, 0.6) is 0 Å². The predicted molar refractivity (Wildman–Crippen MR) is 67.2 cm³/mol. The van der Waals surface area contributed by atoms with E-state index in [1.165, 1.54) is 0 Å². The minimum atomic E-state index is -0.196. The van der Waals surface area contributed by atoms with Gasteiger partial charge in [0.1, 0.15) is 0 Å². The standard InChI is InChI=1S/C11H12N6O/c1-17-8(6-13-16-17)5-12-7-2-3-9-10(4-7)15-11(18)14-9/h2-4,6,12H,5H2,1H3,(H2,14,15,18). The van der Waals surface area contributed by atoms with Crippen LogP contribution in [0.4, 0.5) is 5.69 Å². The van der Waals surface area contributed by atoms with E-state index in [0.29, 0.717) is 6.54 Å². The first kappa shape index (κ1) is 10.6. The van der Waals surface area contributed by atoms with Crippen molar-refractivity contribution in [1.82, 2.24) is 25.0 Å². The summed E-state index contributed by atoms with van der Waals surface area (Å²) >= 11 is 0. The second-order valence-electron chi connectivity index (χ2n) is 4.04. The topological polar surface area (TPSA) is 91.4 Å². The summed E-state index contributed by atoms with van der Waals surface area (Å²) in [5.74, 6) is 0. The van der Waals surface area contributed by atoms with Gasteiger partial charge in [0, 0.05) is 12.7 Å². The van der Waals surface area contributed by atoms with E-state index in [4.69, 9.17) is 0 Å². The molecule has 0 aliphatic heterocycles. The highest BCUT2D eigenvalue weighted by Crippen LogP contribution is 2.15. The molecule has 0 bridgehead atoms. The first-order valence-corrected chi connectivity index (χ1v) is 5.52. The van der Waals surface area contributed by atoms with E-state index in [2.05, 4.69) is 25.6 Å². The molecule has 0 unspecified atom stereocenters. The van der Waals surface area contributed by atoms with E-state index >= 15 is 0 Å². The van der Waals surface area contributed by atoms with Crippen LogP contribution < -0.4 is 11.0 Å². The fourth-order valence-corrected chi connectivity index (χ4v) is 1.81. The fourth-order valence-electron chi connectivity index (χ4n) is 1.81. The lowest BCUT2D eigenvalue weighted by Gasteiger charge is -2.05. The molecule has 3 N–H and O–H groups in total. The Balaban J connectivity index is 1.82. The number of aromatic amines is 2. The first-order valence-electron chi connectivity index (χ1n) is 5.52. The molecule has 0 saturated heterocycles. The van der Waals surface area contributed by atoms with Crippen LogP contribution in [0.1, 0.15) is 5.69 Å². The van der Waals surface area contributed by atoms with Crippen molar-refractivity contribution in [3.63, 3.8) is 0 Å². The number of nitrogens with one attached hydrogen (secondary N) is 3. The SMILES string of the molecule is Cn1nncc1CNc1ccc2[nH]c(=O)[nH]c2c1. The molecule has 3 aromatic rings. The number of hydrogen-bond donors (Lipinski definition) is 3. The van der Waals surface area contributed by atoms with Crippen LogP contribution in [0, 0.1) is 0 Å². The van der Waals surface area contributed by atoms with Gasteiger partial charge in [-0.25, -0.2) is 4.79 Å². The summed E-state index contributed by atoms with van der Waals surface area (Å²) in [4.78, 5) is 16.6. The number of anilines is 1. The van der Waals surface area contributed by atoms with Gasteiger partial charge in [-0.1, -0.05) is 5.21 Å². The molecule has 0 aliphatic carbocycles. The molecule has 0 aliphatic rings. The monoisotopic (exact) mass is 244 g/mol. The number of hydrogen-bond acceptors (Lipinski definition) is 4. The smallest absolute Gasteiger partial charge is 0.323 e. The summed E-state index contributed by atoms with van der Waals surface area (Å²) in [5, 5.41) is 10.9. The molecule has 0 fully saturated rings. The summed E-state index contributed by atoms with van der Waals surface area (Å²) in [7, 11) is 1.84. The quantitative estimate of drug-likeness (QED) is 0.629. The Morgan fingerprint density at radius 2 is 2.17 bits per heavy atom. The average molecular weight is 244 g/mol. The van der Waals surface area contributed by atoms with E-state index in [9.17, 15) is 4.79 Å². The number of rotatable bonds is 3. The Morgan fingerprint density at radius 3 is 2.94 bits per heavy atom. The zero-order valence-electron chi connectivity index (χ0n) is 9.77. The molecule has 18 heavy (non-hydrogen) atoms. The molecule has 1 aromatic carbocycles. The number of benzene rings is 1. The molecule has 92 valence electrons. The van der Waals surface area contributed by atoms with Crippen molar-refractivity contribution in [1.29, 1.82) is 0 Å². The number of imidazole rings is 1. The lowest BCUT2D eigenvalue weighted by atomic mass is 10.2. The Bertz CT molecular complexity index is 737. The van der Waals surface area contributed by atoms with Gasteiger partial charge in [-0.2, -0.15) is 0 Å². The van der Waals surface area contributed by atoms with Crippen molar-refractivity contribution in [2.24, 2.45) is 7.05 Å². The molecule has 3 rings (SSSR count). The number of aromatic nitrogens is 5. The van der Waals surface area contributed by atoms with Crippen molar-refractivity contribution in [2.75, 3.05) is 5.32 Å². The fraction of sp³-hybridized carbons (Fsp3) is 0.182. The highest BCUT2D eigenvalue weighted by molar-refractivity contribution is 5.78. The van der Waals surface area contributed by atoms with Crippen LogP contribution in [0.15, 0.2) is 29.2 Å². The van der Waals surface area contributed by atoms with Crippen LogP contribution in [0.25, 0.3) is 11.0 Å². The molecule has 7 heteroatoms. The van der Waals surface area contributed by atoms with Crippen molar-refractivity contribution >= 4 is 16.7 Å². The Morgan fingerprint density at radius 1 is 1.33 bits per heavy atom. The lowest BCUT2D eigenvalue weighted by Crippen LogP contribution is -2.05. The van der Waals surface area contributed by atoms with Gasteiger partial charge in [0.15, 0.2) is 0 Å². The van der Waals surface area contributed by atoms with E-state index in [0.717, 1.165) is 22.4 Å². The lowest BCUT2D eigenvalue weighted by molar-refractivity contribution is 0.683. The van der Waals surface area contributed by atoms with Crippen molar-refractivity contribution < 1.29 is 0 Å². The van der Waals surface area contributed by atoms with Gasteiger partial charge in [-0.15, -0.1) is 5.10 Å². The molecule has 0 atom stereocenters. The van der Waals surface area contributed by atoms with Crippen molar-refractivity contribution in [3.05, 3.63) is 40.6 Å². The number of aryl methyl sites for hydroxylation is 1. The van der Waals surface area contributed by atoms with E-state index in [1.807, 2.05) is 25.2 Å². The summed E-state index contributed by atoms with van der Waals surface area (Å²) in [6.45, 7) is 0.629. The van der Waals surface area contributed by atoms with Gasteiger partial charge in [0.2, 0.25) is 0 Å². The second-order valence-corrected chi connectivity index (χ2v) is 4.04. The highest BCUT2D eigenvalue weighted by Gasteiger charge is 2.02. The molecular formula is C11H12N6O. The van der Waals surface area contributed by atoms with Gasteiger partial charge in [-0.3, -0.25) is 4.68 Å². The molecule has 7 nitrogen and oxygen atoms in total. The minimum absolute atomic E-state index is 0.196. The number of nitrogens with zero attached hydrogens (tertiary/aromatic N) is 3. The van der Waals surface area contributed by atoms with Crippen LogP contribution in [-0.2, 0) is 13.6 Å². The van der Waals surface area contributed by atoms with Gasteiger partial charge < -0.3 is 15.3 Å². The molecule has 2 aromatic heterocycles. The number of fused-ring (bicyclic) bond motifs is 1. The summed E-state index contributed by atoms with van der Waals surface area (Å²) in [5.41, 5.74) is 3.30. The summed E-state index contributed by atoms with van der Waals surface area (Å²) in [6, 6.07) is 5.66. The zero-order valence-corrected chi connectivity index (χ0v) is 9.77. The molecule has 0 saturated carbocycles. The molecule has 0 radical (unpaired) electrons. The van der Waals surface area contributed by atoms with Gasteiger partial charge >= 0.3 is 5.69 Å². The van der Waals surface area contributed by atoms with Crippen LogP contribution >= 0.6 is 0 Å². The average Bonchev–Trinajstić information content (AvgIpc) is 2.90. The Kier molecular flexibility index (Phi) is 2.36. The van der Waals surface area contributed by atoms with Crippen molar-refractivity contribution in [2.45, 2.75) is 6.54 Å². The van der Waals surface area contributed by atoms with Crippen molar-refractivity contribution in [3.8, 4) is 0 Å². The van der Waals surface area contributed by atoms with Crippen LogP contribution in [-0.4, -0.2) is 25.0 Å². The van der Waals surface area contributed by atoms with Gasteiger partial charge in [-0.05, 0) is 18.2 Å². The van der Waals surface area contributed by atoms with E-state index in [1.54, 1.807) is 10.9 Å². The predicted octanol–water partition coefficient (Wildman–Crippen LogP) is 0.597. The van der Waals surface area contributed by atoms with Gasteiger partial charge in [0.25, 0.3) is 0 Å². The number of H-pyrrole nitrogens is 2. The first-order chi connectivity index (χ1) is 8.72. The second kappa shape index (κ2) is 4.02. The highest BCUT2D eigenvalue weighted by atomic mass is 16.1. The maximum atomic E-state index is 11.1. The van der Waals surface area contributed by atoms with Gasteiger partial charge in [0.05, 0.1) is 29.5 Å². The Hall–Kier alpha value is -2.57. The third-order valence-electron chi connectivity index (χ3n) is 2.80. The Labute approximate surface area is 102 Å². The maximum absolute atomic E-state index is 11.1. The van der Waals surface area contributed by atoms with E-state index in [-0.39, 0.29) is 5.69 Å². The molecule has 0 amide bonds.